The highest BCUT2D eigenvalue weighted by atomic mass is 16.5. The van der Waals surface area contributed by atoms with Crippen molar-refractivity contribution >= 4 is 16.8 Å². The topological polar surface area (TPSA) is 126 Å². The van der Waals surface area contributed by atoms with E-state index in [1.807, 2.05) is 19.0 Å². The highest BCUT2D eigenvalue weighted by Gasteiger charge is 2.26. The van der Waals surface area contributed by atoms with E-state index < -0.39 is 6.10 Å². The fourth-order valence-electron chi connectivity index (χ4n) is 4.53. The van der Waals surface area contributed by atoms with Crippen molar-refractivity contribution in [2.45, 2.75) is 31.5 Å². The molecule has 0 aromatic carbocycles. The van der Waals surface area contributed by atoms with Crippen LogP contribution in [0.5, 0.6) is 0 Å². The predicted octanol–water partition coefficient (Wildman–Crippen LogP) is 1.05. The summed E-state index contributed by atoms with van der Waals surface area (Å²) in [4.78, 5) is 29.2. The van der Waals surface area contributed by atoms with Crippen molar-refractivity contribution < 1.29 is 9.84 Å². The number of aliphatic hydroxyl groups is 1. The molecule has 1 unspecified atom stereocenters. The molecule has 1 fully saturated rings. The zero-order valence-corrected chi connectivity index (χ0v) is 19.1. The molecule has 1 saturated heterocycles. The van der Waals surface area contributed by atoms with Crippen molar-refractivity contribution in [2.24, 2.45) is 0 Å². The van der Waals surface area contributed by atoms with Crippen LogP contribution < -0.4 is 5.69 Å². The molecule has 0 amide bonds. The summed E-state index contributed by atoms with van der Waals surface area (Å²) in [7, 11) is 3.75. The molecule has 176 valence electrons. The van der Waals surface area contributed by atoms with Gasteiger partial charge in [-0.3, -0.25) is 13.5 Å². The average Bonchev–Trinajstić information content (AvgIpc) is 3.37. The van der Waals surface area contributed by atoms with E-state index in [0.717, 1.165) is 0 Å². The maximum absolute atomic E-state index is 13.5. The van der Waals surface area contributed by atoms with Crippen LogP contribution in [-0.2, 0) is 11.3 Å². The zero-order chi connectivity index (χ0) is 23.8. The number of imidazole rings is 2. The van der Waals surface area contributed by atoms with E-state index in [1.54, 1.807) is 44.3 Å². The standard InChI is InChI=1S/C23H26N8O3/c1-28(2)13-17(32)14-30-19-11-26-21(18-10-25-20-4-3-15(9-24)12-29(18)20)27-22(19)31(23(30)33)16-5-7-34-8-6-16/h3-4,10-12,16-17,32H,5-8,13-14H2,1-2H3. The molecule has 4 aromatic rings. The number of fused-ring (bicyclic) bond motifs is 2. The third-order valence-corrected chi connectivity index (χ3v) is 6.09. The molecule has 5 rings (SSSR count). The highest BCUT2D eigenvalue weighted by Crippen LogP contribution is 2.26. The van der Waals surface area contributed by atoms with E-state index in [1.165, 1.54) is 0 Å². The molecule has 1 aliphatic heterocycles. The van der Waals surface area contributed by atoms with Gasteiger partial charge in [-0.1, -0.05) is 0 Å². The number of nitrogens with zero attached hydrogens (tertiary/aromatic N) is 8. The second-order valence-corrected chi connectivity index (χ2v) is 8.83. The van der Waals surface area contributed by atoms with Gasteiger partial charge in [0.1, 0.15) is 22.9 Å². The summed E-state index contributed by atoms with van der Waals surface area (Å²) >= 11 is 0. The van der Waals surface area contributed by atoms with E-state index in [4.69, 9.17) is 9.72 Å². The van der Waals surface area contributed by atoms with Crippen molar-refractivity contribution in [3.05, 3.63) is 46.8 Å². The van der Waals surface area contributed by atoms with Gasteiger partial charge < -0.3 is 14.7 Å². The van der Waals surface area contributed by atoms with Gasteiger partial charge in [0.05, 0.1) is 30.6 Å². The summed E-state index contributed by atoms with van der Waals surface area (Å²) in [6.45, 7) is 1.73. The molecule has 0 saturated carbocycles. The quantitative estimate of drug-likeness (QED) is 0.451. The van der Waals surface area contributed by atoms with Crippen LogP contribution in [0, 0.1) is 11.3 Å². The lowest BCUT2D eigenvalue weighted by Crippen LogP contribution is -2.35. The largest absolute Gasteiger partial charge is 0.390 e. The first-order valence-corrected chi connectivity index (χ1v) is 11.2. The Balaban J connectivity index is 1.66. The van der Waals surface area contributed by atoms with E-state index in [9.17, 15) is 15.2 Å². The van der Waals surface area contributed by atoms with Crippen LogP contribution in [-0.4, -0.2) is 78.5 Å². The Hall–Kier alpha value is -3.59. The molecule has 34 heavy (non-hydrogen) atoms. The van der Waals surface area contributed by atoms with Gasteiger partial charge in [-0.05, 0) is 39.1 Å². The number of hydrogen-bond donors (Lipinski definition) is 1. The number of nitriles is 1. The Morgan fingerprint density at radius 3 is 2.79 bits per heavy atom. The van der Waals surface area contributed by atoms with Gasteiger partial charge in [0.15, 0.2) is 11.5 Å². The fourth-order valence-corrected chi connectivity index (χ4v) is 4.53. The fraction of sp³-hybridized carbons (Fsp3) is 0.435. The van der Waals surface area contributed by atoms with Gasteiger partial charge in [-0.15, -0.1) is 0 Å². The molecule has 0 radical (unpaired) electrons. The summed E-state index contributed by atoms with van der Waals surface area (Å²) in [5, 5.41) is 19.8. The number of rotatable bonds is 6. The van der Waals surface area contributed by atoms with Crippen LogP contribution in [0.25, 0.3) is 28.3 Å². The molecule has 11 nitrogen and oxygen atoms in total. The smallest absolute Gasteiger partial charge is 0.330 e. The summed E-state index contributed by atoms with van der Waals surface area (Å²) in [5.74, 6) is 0.405. The second-order valence-electron chi connectivity index (χ2n) is 8.83. The van der Waals surface area contributed by atoms with Crippen LogP contribution in [0.1, 0.15) is 24.4 Å². The third-order valence-electron chi connectivity index (χ3n) is 6.09. The number of aromatic nitrogens is 6. The first kappa shape index (κ1) is 22.2. The van der Waals surface area contributed by atoms with Gasteiger partial charge in [-0.2, -0.15) is 5.26 Å². The minimum absolute atomic E-state index is 0.0499. The van der Waals surface area contributed by atoms with Gasteiger partial charge in [0, 0.05) is 32.0 Å². The Morgan fingerprint density at radius 1 is 1.26 bits per heavy atom. The molecule has 1 N–H and O–H groups in total. The van der Waals surface area contributed by atoms with Crippen LogP contribution in [0.15, 0.2) is 35.5 Å². The number of aliphatic hydroxyl groups excluding tert-OH is 1. The van der Waals surface area contributed by atoms with Gasteiger partial charge in [-0.25, -0.2) is 19.7 Å². The number of pyridine rings is 1. The summed E-state index contributed by atoms with van der Waals surface area (Å²) in [6.07, 6.45) is 5.68. The number of likely N-dealkylation sites (N-methyl/N-ethyl adjacent to an activating group) is 1. The van der Waals surface area contributed by atoms with E-state index >= 15 is 0 Å². The monoisotopic (exact) mass is 462 g/mol. The lowest BCUT2D eigenvalue weighted by atomic mass is 10.1. The molecular weight excluding hydrogens is 436 g/mol. The van der Waals surface area contributed by atoms with Gasteiger partial charge >= 0.3 is 5.69 Å². The highest BCUT2D eigenvalue weighted by molar-refractivity contribution is 5.74. The van der Waals surface area contributed by atoms with Crippen molar-refractivity contribution in [1.29, 1.82) is 5.26 Å². The van der Waals surface area contributed by atoms with Crippen LogP contribution >= 0.6 is 0 Å². The summed E-state index contributed by atoms with van der Waals surface area (Å²) in [6, 6.07) is 5.56. The SMILES string of the molecule is CN(C)CC(O)Cn1c(=O)n(C2CCOCC2)c2nc(-c3cnc4ccc(C#N)cn34)ncc21. The van der Waals surface area contributed by atoms with Crippen LogP contribution in [0.4, 0.5) is 0 Å². The second kappa shape index (κ2) is 8.98. The van der Waals surface area contributed by atoms with Crippen molar-refractivity contribution in [2.75, 3.05) is 33.9 Å². The Bertz CT molecular complexity index is 1440. The molecule has 0 bridgehead atoms. The molecule has 4 aromatic heterocycles. The van der Waals surface area contributed by atoms with Crippen molar-refractivity contribution in [3.8, 4) is 17.6 Å². The lowest BCUT2D eigenvalue weighted by Gasteiger charge is -2.23. The molecule has 1 atom stereocenters. The lowest BCUT2D eigenvalue weighted by molar-refractivity contribution is 0.0690. The van der Waals surface area contributed by atoms with E-state index in [2.05, 4.69) is 16.0 Å². The van der Waals surface area contributed by atoms with E-state index in [-0.39, 0.29) is 18.3 Å². The van der Waals surface area contributed by atoms with Crippen molar-refractivity contribution in [3.63, 3.8) is 0 Å². The molecule has 0 spiro atoms. The predicted molar refractivity (Wildman–Crippen MR) is 124 cm³/mol. The Labute approximate surface area is 195 Å². The maximum atomic E-state index is 13.5. The first-order chi connectivity index (χ1) is 16.5. The third kappa shape index (κ3) is 3.96. The first-order valence-electron chi connectivity index (χ1n) is 11.2. The van der Waals surface area contributed by atoms with E-state index in [0.29, 0.717) is 66.5 Å². The minimum atomic E-state index is -0.718. The zero-order valence-electron chi connectivity index (χ0n) is 19.1. The molecule has 0 aliphatic carbocycles. The molecule has 5 heterocycles. The normalized spacial score (nSPS) is 15.9. The summed E-state index contributed by atoms with van der Waals surface area (Å²) < 4.78 is 10.6. The Morgan fingerprint density at radius 2 is 2.06 bits per heavy atom. The van der Waals surface area contributed by atoms with Crippen LogP contribution in [0.2, 0.25) is 0 Å². The Kier molecular flexibility index (Phi) is 5.87. The molecule has 11 heteroatoms. The van der Waals surface area contributed by atoms with Crippen molar-refractivity contribution in [1.82, 2.24) is 33.4 Å². The summed E-state index contributed by atoms with van der Waals surface area (Å²) in [5.41, 5.74) is 2.67. The minimum Gasteiger partial charge on any atom is -0.390 e. The van der Waals surface area contributed by atoms with Gasteiger partial charge in [0.25, 0.3) is 0 Å². The van der Waals surface area contributed by atoms with Gasteiger partial charge in [0.2, 0.25) is 0 Å². The van der Waals surface area contributed by atoms with Crippen LogP contribution in [0.3, 0.4) is 0 Å². The number of ether oxygens (including phenoxy) is 1. The average molecular weight is 463 g/mol. The molecular formula is C23H26N8O3. The molecule has 1 aliphatic rings. The maximum Gasteiger partial charge on any atom is 0.330 e. The number of hydrogen-bond acceptors (Lipinski definition) is 8.